The predicted octanol–water partition coefficient (Wildman–Crippen LogP) is 3.65. The first kappa shape index (κ1) is 16.7. The number of hydrogen-bond donors (Lipinski definition) is 2. The number of nitrogens with zero attached hydrogens (tertiary/aromatic N) is 5. The van der Waals surface area contributed by atoms with Gasteiger partial charge in [0.2, 0.25) is 5.95 Å². The quantitative estimate of drug-likeness (QED) is 0.573. The number of aromatic amines is 1. The van der Waals surface area contributed by atoms with Gasteiger partial charge in [0.15, 0.2) is 11.6 Å². The summed E-state index contributed by atoms with van der Waals surface area (Å²) in [6.07, 6.45) is 2.48. The summed E-state index contributed by atoms with van der Waals surface area (Å²) < 4.78 is 28.6. The van der Waals surface area contributed by atoms with Crippen LogP contribution < -0.4 is 5.32 Å². The molecule has 2 N–H and O–H groups in total. The number of H-pyrrole nitrogens is 1. The van der Waals surface area contributed by atoms with Crippen LogP contribution in [-0.2, 0) is 0 Å². The van der Waals surface area contributed by atoms with E-state index in [1.807, 2.05) is 6.92 Å². The number of halogens is 2. The van der Waals surface area contributed by atoms with Gasteiger partial charge in [-0.25, -0.2) is 13.8 Å². The summed E-state index contributed by atoms with van der Waals surface area (Å²) in [5.41, 5.74) is 1.42. The van der Waals surface area contributed by atoms with Gasteiger partial charge in [-0.05, 0) is 25.1 Å². The van der Waals surface area contributed by atoms with Crippen LogP contribution in [0.2, 0.25) is 0 Å². The van der Waals surface area contributed by atoms with Gasteiger partial charge < -0.3 is 5.32 Å². The van der Waals surface area contributed by atoms with Crippen molar-refractivity contribution in [3.8, 4) is 22.5 Å². The van der Waals surface area contributed by atoms with E-state index in [-0.39, 0.29) is 28.5 Å². The Morgan fingerprint density at radius 2 is 1.78 bits per heavy atom. The molecule has 0 aliphatic rings. The van der Waals surface area contributed by atoms with Crippen LogP contribution in [0.25, 0.3) is 22.5 Å². The van der Waals surface area contributed by atoms with E-state index in [0.29, 0.717) is 5.82 Å². The van der Waals surface area contributed by atoms with E-state index in [2.05, 4.69) is 35.7 Å². The van der Waals surface area contributed by atoms with Gasteiger partial charge in [-0.2, -0.15) is 5.10 Å². The summed E-state index contributed by atoms with van der Waals surface area (Å²) in [6, 6.07) is 9.26. The number of pyridine rings is 1. The third kappa shape index (κ3) is 3.34. The molecular formula is C18H13F2N7. The number of hydrogen-bond acceptors (Lipinski definition) is 6. The highest BCUT2D eigenvalue weighted by molar-refractivity contribution is 5.78. The van der Waals surface area contributed by atoms with Crippen LogP contribution in [0.15, 0.2) is 48.8 Å². The van der Waals surface area contributed by atoms with E-state index in [4.69, 9.17) is 0 Å². The molecule has 0 saturated carbocycles. The Morgan fingerprint density at radius 1 is 0.963 bits per heavy atom. The van der Waals surface area contributed by atoms with Gasteiger partial charge in [0.1, 0.15) is 17.2 Å². The molecule has 4 aromatic rings. The monoisotopic (exact) mass is 365 g/mol. The van der Waals surface area contributed by atoms with Crippen LogP contribution >= 0.6 is 0 Å². The molecule has 0 unspecified atom stereocenters. The second-order valence-corrected chi connectivity index (χ2v) is 5.73. The van der Waals surface area contributed by atoms with Crippen molar-refractivity contribution in [3.05, 3.63) is 66.1 Å². The largest absolute Gasteiger partial charge is 0.306 e. The van der Waals surface area contributed by atoms with Gasteiger partial charge in [0.05, 0.1) is 6.20 Å². The Labute approximate surface area is 152 Å². The normalized spacial score (nSPS) is 10.8. The lowest BCUT2D eigenvalue weighted by Crippen LogP contribution is -2.05. The molecule has 134 valence electrons. The van der Waals surface area contributed by atoms with E-state index in [0.717, 1.165) is 11.9 Å². The average Bonchev–Trinajstić information content (AvgIpc) is 3.07. The number of benzene rings is 1. The first-order valence-electron chi connectivity index (χ1n) is 8.00. The van der Waals surface area contributed by atoms with Crippen LogP contribution in [0.5, 0.6) is 0 Å². The zero-order valence-corrected chi connectivity index (χ0v) is 14.1. The SMILES string of the molecule is Cc1cc(Nc2nnc(-c3ccncc3F)c(-c3ccccc3F)n2)n[nH]1. The molecule has 0 atom stereocenters. The van der Waals surface area contributed by atoms with Crippen LogP contribution in [0, 0.1) is 18.6 Å². The maximum atomic E-state index is 14.4. The molecular weight excluding hydrogens is 352 g/mol. The van der Waals surface area contributed by atoms with Gasteiger partial charge in [-0.1, -0.05) is 12.1 Å². The minimum absolute atomic E-state index is 0.109. The lowest BCUT2D eigenvalue weighted by atomic mass is 10.0. The van der Waals surface area contributed by atoms with Gasteiger partial charge in [0.25, 0.3) is 0 Å². The molecule has 7 nitrogen and oxygen atoms in total. The molecule has 0 spiro atoms. The van der Waals surface area contributed by atoms with Crippen molar-refractivity contribution in [1.29, 1.82) is 0 Å². The van der Waals surface area contributed by atoms with Crippen molar-refractivity contribution in [2.45, 2.75) is 6.92 Å². The summed E-state index contributed by atoms with van der Waals surface area (Å²) in [4.78, 5) is 8.08. The van der Waals surface area contributed by atoms with Crippen molar-refractivity contribution >= 4 is 11.8 Å². The van der Waals surface area contributed by atoms with Crippen molar-refractivity contribution in [2.24, 2.45) is 0 Å². The third-order valence-electron chi connectivity index (χ3n) is 3.79. The smallest absolute Gasteiger partial charge is 0.249 e. The fourth-order valence-corrected chi connectivity index (χ4v) is 2.57. The zero-order chi connectivity index (χ0) is 18.8. The van der Waals surface area contributed by atoms with E-state index in [1.165, 1.54) is 18.3 Å². The Kier molecular flexibility index (Phi) is 4.25. The predicted molar refractivity (Wildman–Crippen MR) is 95.0 cm³/mol. The summed E-state index contributed by atoms with van der Waals surface area (Å²) in [7, 11) is 0. The minimum atomic E-state index is -0.602. The van der Waals surface area contributed by atoms with Crippen LogP contribution in [0.3, 0.4) is 0 Å². The first-order valence-corrected chi connectivity index (χ1v) is 8.00. The van der Waals surface area contributed by atoms with E-state index in [9.17, 15) is 8.78 Å². The van der Waals surface area contributed by atoms with Crippen LogP contribution in [0.1, 0.15) is 5.69 Å². The van der Waals surface area contributed by atoms with Gasteiger partial charge in [-0.15, -0.1) is 10.2 Å². The van der Waals surface area contributed by atoms with Crippen LogP contribution in [-0.4, -0.2) is 30.4 Å². The Morgan fingerprint density at radius 3 is 2.52 bits per heavy atom. The molecule has 3 aromatic heterocycles. The van der Waals surface area contributed by atoms with Crippen molar-refractivity contribution < 1.29 is 8.78 Å². The molecule has 1 aromatic carbocycles. The fraction of sp³-hybridized carbons (Fsp3) is 0.0556. The molecule has 0 aliphatic heterocycles. The molecule has 0 amide bonds. The maximum Gasteiger partial charge on any atom is 0.249 e. The molecule has 9 heteroatoms. The second-order valence-electron chi connectivity index (χ2n) is 5.73. The number of aryl methyl sites for hydroxylation is 1. The Hall–Kier alpha value is -3.75. The topological polar surface area (TPSA) is 92.3 Å². The standard InChI is InChI=1S/C18H13F2N7/c1-10-8-15(25-24-10)22-18-23-16(11-4-2-3-5-13(11)19)17(26-27-18)12-6-7-21-9-14(12)20/h2-9H,1H3,(H2,22,23,24,25,27). The second kappa shape index (κ2) is 6.87. The Bertz CT molecular complexity index is 1110. The highest BCUT2D eigenvalue weighted by Gasteiger charge is 2.19. The summed E-state index contributed by atoms with van der Waals surface area (Å²) in [5.74, 6) is -0.514. The van der Waals surface area contributed by atoms with Crippen molar-refractivity contribution in [2.75, 3.05) is 5.32 Å². The Balaban J connectivity index is 1.86. The number of aromatic nitrogens is 6. The van der Waals surface area contributed by atoms with Crippen molar-refractivity contribution in [3.63, 3.8) is 0 Å². The van der Waals surface area contributed by atoms with Crippen LogP contribution in [0.4, 0.5) is 20.5 Å². The first-order chi connectivity index (χ1) is 13.1. The molecule has 27 heavy (non-hydrogen) atoms. The highest BCUT2D eigenvalue weighted by atomic mass is 19.1. The third-order valence-corrected chi connectivity index (χ3v) is 3.79. The molecule has 4 rings (SSSR count). The van der Waals surface area contributed by atoms with E-state index < -0.39 is 11.6 Å². The molecule has 0 bridgehead atoms. The molecule has 0 saturated heterocycles. The van der Waals surface area contributed by atoms with E-state index >= 15 is 0 Å². The summed E-state index contributed by atoms with van der Waals surface area (Å²) >= 11 is 0. The number of anilines is 2. The lowest BCUT2D eigenvalue weighted by Gasteiger charge is -2.10. The summed E-state index contributed by atoms with van der Waals surface area (Å²) in [6.45, 7) is 1.84. The van der Waals surface area contributed by atoms with Crippen molar-refractivity contribution in [1.82, 2.24) is 30.4 Å². The van der Waals surface area contributed by atoms with Gasteiger partial charge in [0, 0.05) is 29.1 Å². The molecule has 0 fully saturated rings. The maximum absolute atomic E-state index is 14.4. The molecule has 3 heterocycles. The lowest BCUT2D eigenvalue weighted by molar-refractivity contribution is 0.623. The average molecular weight is 365 g/mol. The van der Waals surface area contributed by atoms with Gasteiger partial charge >= 0.3 is 0 Å². The number of nitrogens with one attached hydrogen (secondary N) is 2. The number of rotatable bonds is 4. The summed E-state index contributed by atoms with van der Waals surface area (Å²) in [5, 5.41) is 17.8. The molecule has 0 aliphatic carbocycles. The van der Waals surface area contributed by atoms with Gasteiger partial charge in [-0.3, -0.25) is 10.1 Å². The zero-order valence-electron chi connectivity index (χ0n) is 14.1. The molecule has 0 radical (unpaired) electrons. The fourth-order valence-electron chi connectivity index (χ4n) is 2.57. The van der Waals surface area contributed by atoms with E-state index in [1.54, 1.807) is 24.3 Å². The highest BCUT2D eigenvalue weighted by Crippen LogP contribution is 2.32. The minimum Gasteiger partial charge on any atom is -0.306 e.